The highest BCUT2D eigenvalue weighted by Gasteiger charge is 2.36. The van der Waals surface area contributed by atoms with Gasteiger partial charge in [0.1, 0.15) is 11.8 Å². The Morgan fingerprint density at radius 3 is 2.44 bits per heavy atom. The summed E-state index contributed by atoms with van der Waals surface area (Å²) < 4.78 is 7.26. The van der Waals surface area contributed by atoms with Gasteiger partial charge >= 0.3 is 0 Å². The van der Waals surface area contributed by atoms with E-state index in [-0.39, 0.29) is 11.6 Å². The van der Waals surface area contributed by atoms with Crippen LogP contribution in [-0.2, 0) is 4.79 Å². The van der Waals surface area contributed by atoms with Gasteiger partial charge in [-0.3, -0.25) is 14.9 Å². The fourth-order valence-corrected chi connectivity index (χ4v) is 4.20. The molecule has 2 heterocycles. The number of aromatic nitrogens is 3. The molecule has 0 fully saturated rings. The number of carbonyl (C=O) groups excluding carboxylic acids is 1. The van der Waals surface area contributed by atoms with Gasteiger partial charge in [0.15, 0.2) is 5.82 Å². The minimum absolute atomic E-state index is 0.0230. The molecule has 1 aliphatic heterocycles. The molecule has 36 heavy (non-hydrogen) atoms. The molecule has 0 radical (unpaired) electrons. The number of non-ortho nitro benzene ring substituents is 1. The van der Waals surface area contributed by atoms with Gasteiger partial charge in [0.25, 0.3) is 11.6 Å². The molecule has 4 aromatic rings. The summed E-state index contributed by atoms with van der Waals surface area (Å²) in [4.78, 5) is 28.8. The van der Waals surface area contributed by atoms with Crippen LogP contribution in [0.5, 0.6) is 5.75 Å². The number of para-hydroxylation sites is 2. The first-order valence-corrected chi connectivity index (χ1v) is 11.1. The van der Waals surface area contributed by atoms with Gasteiger partial charge in [-0.15, -0.1) is 5.10 Å². The predicted molar refractivity (Wildman–Crippen MR) is 135 cm³/mol. The van der Waals surface area contributed by atoms with Gasteiger partial charge in [-0.25, -0.2) is 4.68 Å². The standard InChI is InChI=1S/C26H22N6O4/c1-16-22(25(33)28-18-8-4-3-5-9-18)23(20-10-6-7-11-21(20)36-2)31-26(27-16)29-24(30-31)17-12-14-19(15-13-17)32(34)35/h3-15,23H,1-2H3,(H,28,33)(H,27,29,30). The Bertz CT molecular complexity index is 1480. The molecule has 180 valence electrons. The molecule has 1 atom stereocenters. The smallest absolute Gasteiger partial charge is 0.269 e. The van der Waals surface area contributed by atoms with Crippen molar-refractivity contribution in [1.82, 2.24) is 14.8 Å². The van der Waals surface area contributed by atoms with Crippen molar-refractivity contribution in [2.45, 2.75) is 13.0 Å². The molecular formula is C26H22N6O4. The van der Waals surface area contributed by atoms with Gasteiger partial charge in [0.05, 0.1) is 17.6 Å². The zero-order valence-electron chi connectivity index (χ0n) is 19.5. The van der Waals surface area contributed by atoms with Crippen LogP contribution in [0.3, 0.4) is 0 Å². The van der Waals surface area contributed by atoms with Crippen molar-refractivity contribution in [2.75, 3.05) is 17.7 Å². The Kier molecular flexibility index (Phi) is 5.91. The highest BCUT2D eigenvalue weighted by molar-refractivity contribution is 6.06. The second-order valence-electron chi connectivity index (χ2n) is 8.14. The number of nitro groups is 1. The lowest BCUT2D eigenvalue weighted by molar-refractivity contribution is -0.384. The van der Waals surface area contributed by atoms with Gasteiger partial charge in [0.2, 0.25) is 5.95 Å². The summed E-state index contributed by atoms with van der Waals surface area (Å²) in [7, 11) is 1.57. The van der Waals surface area contributed by atoms with E-state index in [2.05, 4.69) is 15.6 Å². The maximum atomic E-state index is 13.6. The van der Waals surface area contributed by atoms with Crippen molar-refractivity contribution in [3.05, 3.63) is 106 Å². The van der Waals surface area contributed by atoms with E-state index in [0.717, 1.165) is 5.56 Å². The lowest BCUT2D eigenvalue weighted by Crippen LogP contribution is -2.31. The molecule has 2 N–H and O–H groups in total. The van der Waals surface area contributed by atoms with Crippen molar-refractivity contribution in [3.63, 3.8) is 0 Å². The first-order valence-electron chi connectivity index (χ1n) is 11.1. The Hall–Kier alpha value is -4.99. The molecule has 0 spiro atoms. The van der Waals surface area contributed by atoms with Gasteiger partial charge in [-0.2, -0.15) is 4.98 Å². The average Bonchev–Trinajstić information content (AvgIpc) is 3.32. The van der Waals surface area contributed by atoms with Crippen molar-refractivity contribution >= 4 is 23.2 Å². The molecule has 3 aromatic carbocycles. The van der Waals surface area contributed by atoms with Crippen molar-refractivity contribution < 1.29 is 14.5 Å². The van der Waals surface area contributed by atoms with E-state index < -0.39 is 11.0 Å². The Labute approximate surface area is 206 Å². The summed E-state index contributed by atoms with van der Waals surface area (Å²) in [5.41, 5.74) is 3.06. The summed E-state index contributed by atoms with van der Waals surface area (Å²) in [6.45, 7) is 1.81. The molecule has 5 rings (SSSR count). The quantitative estimate of drug-likeness (QED) is 0.299. The van der Waals surface area contributed by atoms with Crippen molar-refractivity contribution in [2.24, 2.45) is 0 Å². The lowest BCUT2D eigenvalue weighted by Gasteiger charge is -2.29. The number of anilines is 2. The number of amides is 1. The number of allylic oxidation sites excluding steroid dienone is 1. The molecule has 0 saturated carbocycles. The van der Waals surface area contributed by atoms with Crippen LogP contribution in [0.4, 0.5) is 17.3 Å². The Balaban J connectivity index is 1.61. The first kappa shape index (κ1) is 22.8. The highest BCUT2D eigenvalue weighted by atomic mass is 16.6. The van der Waals surface area contributed by atoms with Crippen LogP contribution < -0.4 is 15.4 Å². The molecule has 1 amide bonds. The molecule has 10 nitrogen and oxygen atoms in total. The van der Waals surface area contributed by atoms with Crippen molar-refractivity contribution in [3.8, 4) is 17.1 Å². The normalized spacial score (nSPS) is 14.6. The number of ether oxygens (including phenoxy) is 1. The summed E-state index contributed by atoms with van der Waals surface area (Å²) in [5.74, 6) is 1.11. The Morgan fingerprint density at radius 1 is 1.06 bits per heavy atom. The maximum Gasteiger partial charge on any atom is 0.269 e. The number of benzene rings is 3. The van der Waals surface area contributed by atoms with E-state index in [4.69, 9.17) is 9.84 Å². The van der Waals surface area contributed by atoms with E-state index in [0.29, 0.717) is 40.0 Å². The number of hydrogen-bond acceptors (Lipinski definition) is 7. The topological polar surface area (TPSA) is 124 Å². The minimum atomic E-state index is -0.639. The Morgan fingerprint density at radius 2 is 1.75 bits per heavy atom. The van der Waals surface area contributed by atoms with Crippen LogP contribution in [0.15, 0.2) is 90.1 Å². The van der Waals surface area contributed by atoms with Crippen LogP contribution in [-0.4, -0.2) is 32.7 Å². The van der Waals surface area contributed by atoms with Gasteiger partial charge in [-0.05, 0) is 37.3 Å². The summed E-state index contributed by atoms with van der Waals surface area (Å²) >= 11 is 0. The van der Waals surface area contributed by atoms with Crippen LogP contribution in [0.2, 0.25) is 0 Å². The molecule has 10 heteroatoms. The zero-order chi connectivity index (χ0) is 25.2. The second-order valence-corrected chi connectivity index (χ2v) is 8.14. The molecule has 1 aliphatic rings. The lowest BCUT2D eigenvalue weighted by atomic mass is 9.94. The van der Waals surface area contributed by atoms with Gasteiger partial charge in [-0.1, -0.05) is 36.4 Å². The van der Waals surface area contributed by atoms with Crippen LogP contribution in [0, 0.1) is 10.1 Å². The van der Waals surface area contributed by atoms with E-state index in [1.54, 1.807) is 23.9 Å². The van der Waals surface area contributed by atoms with Crippen LogP contribution in [0.25, 0.3) is 11.4 Å². The average molecular weight is 483 g/mol. The van der Waals surface area contributed by atoms with Gasteiger partial charge < -0.3 is 15.4 Å². The fraction of sp³-hybridized carbons (Fsp3) is 0.115. The fourth-order valence-electron chi connectivity index (χ4n) is 4.20. The number of fused-ring (bicyclic) bond motifs is 1. The molecule has 0 saturated heterocycles. The zero-order valence-corrected chi connectivity index (χ0v) is 19.5. The summed E-state index contributed by atoms with van der Waals surface area (Å²) in [5, 5.41) is 21.9. The number of hydrogen-bond donors (Lipinski definition) is 2. The number of nitro benzene ring substituents is 1. The molecule has 1 aromatic heterocycles. The third-order valence-electron chi connectivity index (χ3n) is 5.90. The number of carbonyl (C=O) groups is 1. The number of nitrogens with zero attached hydrogens (tertiary/aromatic N) is 4. The van der Waals surface area contributed by atoms with E-state index in [1.807, 2.05) is 61.5 Å². The number of methoxy groups -OCH3 is 1. The number of nitrogens with one attached hydrogen (secondary N) is 2. The molecule has 0 bridgehead atoms. The largest absolute Gasteiger partial charge is 0.496 e. The van der Waals surface area contributed by atoms with E-state index >= 15 is 0 Å². The molecule has 1 unspecified atom stereocenters. The van der Waals surface area contributed by atoms with E-state index in [1.165, 1.54) is 12.1 Å². The highest BCUT2D eigenvalue weighted by Crippen LogP contribution is 2.40. The van der Waals surface area contributed by atoms with Crippen LogP contribution in [0.1, 0.15) is 18.5 Å². The SMILES string of the molecule is COc1ccccc1C1C(C(=O)Nc2ccccc2)=C(C)Nc2nc(-c3ccc([N+](=O)[O-])cc3)nn21. The third-order valence-corrected chi connectivity index (χ3v) is 5.90. The first-order chi connectivity index (χ1) is 17.5. The van der Waals surface area contributed by atoms with Crippen molar-refractivity contribution in [1.29, 1.82) is 0 Å². The van der Waals surface area contributed by atoms with E-state index in [9.17, 15) is 14.9 Å². The minimum Gasteiger partial charge on any atom is -0.496 e. The number of rotatable bonds is 6. The van der Waals surface area contributed by atoms with Crippen LogP contribution >= 0.6 is 0 Å². The second kappa shape index (κ2) is 9.34. The maximum absolute atomic E-state index is 13.6. The molecular weight excluding hydrogens is 460 g/mol. The monoisotopic (exact) mass is 482 g/mol. The third kappa shape index (κ3) is 4.16. The summed E-state index contributed by atoms with van der Waals surface area (Å²) in [6, 6.07) is 22.0. The van der Waals surface area contributed by atoms with Gasteiger partial charge in [0, 0.05) is 34.6 Å². The predicted octanol–water partition coefficient (Wildman–Crippen LogP) is 4.79. The molecule has 0 aliphatic carbocycles. The summed E-state index contributed by atoms with van der Waals surface area (Å²) in [6.07, 6.45) is 0.